The minimum absolute atomic E-state index is 0.0456. The molecule has 0 aliphatic rings. The first kappa shape index (κ1) is 29.7. The summed E-state index contributed by atoms with van der Waals surface area (Å²) in [5.74, 6) is 0.578. The van der Waals surface area contributed by atoms with Crippen LogP contribution in [-0.2, 0) is 20.9 Å². The lowest BCUT2D eigenvalue weighted by Gasteiger charge is -2.43. The highest BCUT2D eigenvalue weighted by molar-refractivity contribution is 5.97. The van der Waals surface area contributed by atoms with E-state index in [0.29, 0.717) is 5.56 Å². The molecule has 0 bridgehead atoms. The van der Waals surface area contributed by atoms with Gasteiger partial charge in [-0.25, -0.2) is 16.3 Å². The molecule has 1 aromatic heterocycles. The van der Waals surface area contributed by atoms with Gasteiger partial charge in [0.05, 0.1) is 30.1 Å². The fourth-order valence-corrected chi connectivity index (χ4v) is 4.95. The summed E-state index contributed by atoms with van der Waals surface area (Å²) in [6, 6.07) is 8.47. The quantitative estimate of drug-likeness (QED) is 0.111. The number of hydrogen-bond acceptors (Lipinski definition) is 7. The summed E-state index contributed by atoms with van der Waals surface area (Å²) in [5, 5.41) is 12.6. The van der Waals surface area contributed by atoms with E-state index in [9.17, 15) is 24.4 Å². The van der Waals surface area contributed by atoms with Gasteiger partial charge in [-0.1, -0.05) is 45.9 Å². The van der Waals surface area contributed by atoms with Crippen LogP contribution in [0.1, 0.15) is 50.9 Å². The molecule has 1 unspecified atom stereocenters. The minimum Gasteiger partial charge on any atom is -0.351 e. The molecule has 0 aliphatic carbocycles. The number of amides is 3. The van der Waals surface area contributed by atoms with Crippen molar-refractivity contribution in [2.75, 3.05) is 6.54 Å². The Bertz CT molecular complexity index is 1040. The summed E-state index contributed by atoms with van der Waals surface area (Å²) >= 11 is 0. The van der Waals surface area contributed by atoms with Gasteiger partial charge in [0.1, 0.15) is 0 Å². The van der Waals surface area contributed by atoms with E-state index in [1.54, 1.807) is 46.6 Å². The van der Waals surface area contributed by atoms with Gasteiger partial charge in [0.15, 0.2) is 5.78 Å². The maximum Gasteiger partial charge on any atom is 0.251 e. The number of aromatic nitrogens is 2. The van der Waals surface area contributed by atoms with Crippen LogP contribution in [0.15, 0.2) is 49.1 Å². The van der Waals surface area contributed by atoms with Gasteiger partial charge in [0.2, 0.25) is 11.8 Å². The molecule has 6 N–H and O–H groups in total. The van der Waals surface area contributed by atoms with E-state index >= 15 is 0 Å². The van der Waals surface area contributed by atoms with E-state index in [1.807, 2.05) is 27.7 Å². The zero-order valence-electron chi connectivity index (χ0n) is 21.8. The van der Waals surface area contributed by atoms with Crippen molar-refractivity contribution >= 4 is 23.5 Å². The third-order valence-corrected chi connectivity index (χ3v) is 6.41. The standard InChI is InChI=1S/C26H38N6O5/c1-17(2)12-20(24(35)30-27)22(25(36)31-37)26(13-18(3)4,21(33)14-32-11-10-28-16-32)15-29-23(34)19-8-6-5-7-9-19/h5-11,16-18,20,22,37H,12-15,27H2,1-4H3,(H,29,34)(H,30,35)(H,31,36)/t20-,22-,26?/m1/s1. The van der Waals surface area contributed by atoms with Crippen LogP contribution >= 0.6 is 0 Å². The van der Waals surface area contributed by atoms with E-state index in [0.717, 1.165) is 0 Å². The first-order valence-electron chi connectivity index (χ1n) is 12.3. The molecule has 2 aromatic rings. The molecule has 3 amide bonds. The monoisotopic (exact) mass is 514 g/mol. The Balaban J connectivity index is 2.69. The molecule has 0 saturated carbocycles. The second-order valence-corrected chi connectivity index (χ2v) is 10.2. The number of carbonyl (C=O) groups excluding carboxylic acids is 4. The Morgan fingerprint density at radius 1 is 1.05 bits per heavy atom. The molecule has 0 radical (unpaired) electrons. The number of nitrogens with two attached hydrogens (primary N) is 1. The molecule has 11 nitrogen and oxygen atoms in total. The minimum atomic E-state index is -1.57. The fourth-order valence-electron chi connectivity index (χ4n) is 4.95. The highest BCUT2D eigenvalue weighted by Gasteiger charge is 2.54. The van der Waals surface area contributed by atoms with Crippen LogP contribution in [0, 0.1) is 29.1 Å². The predicted molar refractivity (Wildman–Crippen MR) is 137 cm³/mol. The van der Waals surface area contributed by atoms with Crippen molar-refractivity contribution < 1.29 is 24.4 Å². The lowest BCUT2D eigenvalue weighted by Crippen LogP contribution is -2.58. The van der Waals surface area contributed by atoms with E-state index < -0.39 is 35.0 Å². The number of hydroxylamine groups is 1. The smallest absolute Gasteiger partial charge is 0.251 e. The number of hydrazine groups is 1. The summed E-state index contributed by atoms with van der Waals surface area (Å²) in [7, 11) is 0. The van der Waals surface area contributed by atoms with Crippen LogP contribution in [-0.4, -0.2) is 44.8 Å². The van der Waals surface area contributed by atoms with Crippen molar-refractivity contribution in [3.8, 4) is 0 Å². The van der Waals surface area contributed by atoms with Crippen LogP contribution in [0.2, 0.25) is 0 Å². The second-order valence-electron chi connectivity index (χ2n) is 10.2. The first-order valence-corrected chi connectivity index (χ1v) is 12.3. The Hall–Kier alpha value is -3.57. The number of rotatable bonds is 14. The van der Waals surface area contributed by atoms with Crippen LogP contribution in [0.4, 0.5) is 0 Å². The maximum absolute atomic E-state index is 14.2. The van der Waals surface area contributed by atoms with Gasteiger partial charge in [0, 0.05) is 24.5 Å². The summed E-state index contributed by atoms with van der Waals surface area (Å²) in [5.41, 5.74) is 2.59. The molecule has 11 heteroatoms. The van der Waals surface area contributed by atoms with Gasteiger partial charge < -0.3 is 9.88 Å². The third kappa shape index (κ3) is 7.70. The van der Waals surface area contributed by atoms with Crippen molar-refractivity contribution in [2.24, 2.45) is 34.9 Å². The van der Waals surface area contributed by atoms with Gasteiger partial charge in [-0.15, -0.1) is 0 Å². The van der Waals surface area contributed by atoms with Gasteiger partial charge in [-0.3, -0.25) is 29.8 Å². The largest absolute Gasteiger partial charge is 0.351 e. The average molecular weight is 515 g/mol. The summed E-state index contributed by atoms with van der Waals surface area (Å²) in [4.78, 5) is 57.5. The lowest BCUT2D eigenvalue weighted by atomic mass is 9.61. The molecular weight excluding hydrogens is 476 g/mol. The van der Waals surface area contributed by atoms with Crippen molar-refractivity contribution in [2.45, 2.75) is 47.1 Å². The Morgan fingerprint density at radius 3 is 2.24 bits per heavy atom. The van der Waals surface area contributed by atoms with Crippen LogP contribution in [0.3, 0.4) is 0 Å². The summed E-state index contributed by atoms with van der Waals surface area (Å²) in [6.45, 7) is 7.12. The molecule has 0 spiro atoms. The molecule has 0 saturated heterocycles. The molecule has 2 rings (SSSR count). The summed E-state index contributed by atoms with van der Waals surface area (Å²) < 4.78 is 1.56. The molecule has 37 heavy (non-hydrogen) atoms. The zero-order chi connectivity index (χ0) is 27.6. The molecule has 0 aliphatic heterocycles. The third-order valence-electron chi connectivity index (χ3n) is 6.41. The normalized spacial score (nSPS) is 14.5. The fraction of sp³-hybridized carbons (Fsp3) is 0.500. The Labute approximate surface area is 217 Å². The van der Waals surface area contributed by atoms with E-state index in [2.05, 4.69) is 15.7 Å². The van der Waals surface area contributed by atoms with Gasteiger partial charge in [0.25, 0.3) is 5.91 Å². The maximum atomic E-state index is 14.2. The highest BCUT2D eigenvalue weighted by Crippen LogP contribution is 2.43. The molecular formula is C26H38N6O5. The highest BCUT2D eigenvalue weighted by atomic mass is 16.5. The topological polar surface area (TPSA) is 168 Å². The average Bonchev–Trinajstić information content (AvgIpc) is 3.38. The van der Waals surface area contributed by atoms with Gasteiger partial charge in [-0.05, 0) is 36.8 Å². The second kappa shape index (κ2) is 13.7. The van der Waals surface area contributed by atoms with E-state index in [4.69, 9.17) is 5.84 Å². The number of carbonyl (C=O) groups is 4. The van der Waals surface area contributed by atoms with Gasteiger partial charge in [-0.2, -0.15) is 0 Å². The Kier molecular flexibility index (Phi) is 10.9. The number of Topliss-reactive ketones (excluding diaryl/α,β-unsaturated/α-hetero) is 1. The van der Waals surface area contributed by atoms with E-state index in [1.165, 1.54) is 12.5 Å². The number of nitrogens with zero attached hydrogens (tertiary/aromatic N) is 2. The molecule has 3 atom stereocenters. The number of ketones is 1. The number of hydrogen-bond donors (Lipinski definition) is 5. The van der Waals surface area contributed by atoms with Crippen molar-refractivity contribution in [1.29, 1.82) is 0 Å². The molecule has 202 valence electrons. The SMILES string of the molecule is CC(C)C[C@@H](C(=O)NN)[C@H](C(=O)NO)C(CNC(=O)c1ccccc1)(CC(C)C)C(=O)Cn1ccnc1. The van der Waals surface area contributed by atoms with Crippen LogP contribution in [0.5, 0.6) is 0 Å². The predicted octanol–water partition coefficient (Wildman–Crippen LogP) is 1.69. The Morgan fingerprint density at radius 2 is 1.73 bits per heavy atom. The molecule has 1 aromatic carbocycles. The van der Waals surface area contributed by atoms with E-state index in [-0.39, 0.29) is 43.6 Å². The molecule has 0 fully saturated rings. The number of imidazole rings is 1. The van der Waals surface area contributed by atoms with Gasteiger partial charge >= 0.3 is 0 Å². The summed E-state index contributed by atoms with van der Waals surface area (Å²) in [6.07, 6.45) is 4.97. The van der Waals surface area contributed by atoms with Crippen molar-refractivity contribution in [3.63, 3.8) is 0 Å². The zero-order valence-corrected chi connectivity index (χ0v) is 21.8. The number of benzene rings is 1. The number of nitrogens with one attached hydrogen (secondary N) is 3. The van der Waals surface area contributed by atoms with Crippen LogP contribution in [0.25, 0.3) is 0 Å². The lowest BCUT2D eigenvalue weighted by molar-refractivity contribution is -0.154. The van der Waals surface area contributed by atoms with Crippen molar-refractivity contribution in [3.05, 3.63) is 54.6 Å². The first-order chi connectivity index (χ1) is 17.5. The van der Waals surface area contributed by atoms with Crippen molar-refractivity contribution in [1.82, 2.24) is 25.8 Å². The molecule has 1 heterocycles. The van der Waals surface area contributed by atoms with Crippen LogP contribution < -0.4 is 22.1 Å².